The van der Waals surface area contributed by atoms with Crippen LogP contribution in [0.4, 0.5) is 0 Å². The molecule has 1 saturated heterocycles. The molecule has 2 nitrogen and oxygen atoms in total. The summed E-state index contributed by atoms with van der Waals surface area (Å²) in [5.74, 6) is 0. The van der Waals surface area contributed by atoms with Gasteiger partial charge in [0, 0.05) is 35.5 Å². The van der Waals surface area contributed by atoms with Crippen LogP contribution in [-0.2, 0) is 0 Å². The summed E-state index contributed by atoms with van der Waals surface area (Å²) in [6.07, 6.45) is 2.06. The van der Waals surface area contributed by atoms with Crippen molar-refractivity contribution >= 4 is 47.8 Å². The highest BCUT2D eigenvalue weighted by molar-refractivity contribution is 8.14. The van der Waals surface area contributed by atoms with Gasteiger partial charge >= 0.3 is 0 Å². The minimum absolute atomic E-state index is 0.328. The average molecular weight is 487 g/mol. The molecule has 1 heterocycles. The summed E-state index contributed by atoms with van der Waals surface area (Å²) in [5, 5.41) is 20.5. The first kappa shape index (κ1) is 24.5. The van der Waals surface area contributed by atoms with E-state index in [2.05, 4.69) is 114 Å². The first-order valence-corrected chi connectivity index (χ1v) is 33.9. The van der Waals surface area contributed by atoms with Crippen LogP contribution >= 0.6 is 0 Å². The quantitative estimate of drug-likeness (QED) is 0.427. The Bertz CT molecular complexity index is 891. The number of hydrogen-bond donors (Lipinski definition) is 0. The van der Waals surface area contributed by atoms with Gasteiger partial charge in [0.2, 0.25) is 0 Å². The second-order valence-electron chi connectivity index (χ2n) is 11.4. The van der Waals surface area contributed by atoms with Crippen molar-refractivity contribution in [3.63, 3.8) is 0 Å². The van der Waals surface area contributed by atoms with Crippen molar-refractivity contribution in [3.05, 3.63) is 42.0 Å². The molecule has 2 unspecified atom stereocenters. The summed E-state index contributed by atoms with van der Waals surface area (Å²) in [4.78, 5) is 0. The molecule has 1 aromatic rings. The molecule has 8 heteroatoms. The first-order valence-electron chi connectivity index (χ1n) is 10.7. The number of benzene rings is 1. The molecule has 29 heavy (non-hydrogen) atoms. The Morgan fingerprint density at radius 2 is 1.17 bits per heavy atom. The molecule has 0 aromatic heterocycles. The predicted molar refractivity (Wildman–Crippen MR) is 143 cm³/mol. The van der Waals surface area contributed by atoms with Crippen LogP contribution < -0.4 is 5.19 Å². The van der Waals surface area contributed by atoms with Crippen molar-refractivity contribution in [2.45, 2.75) is 71.5 Å². The van der Waals surface area contributed by atoms with Gasteiger partial charge in [-0.2, -0.15) is 10.5 Å². The molecule has 0 bridgehead atoms. The molecular formula is C21H38N2Si6. The van der Waals surface area contributed by atoms with Crippen molar-refractivity contribution in [2.75, 3.05) is 0 Å². The zero-order valence-corrected chi connectivity index (χ0v) is 26.1. The molecule has 1 fully saturated rings. The summed E-state index contributed by atoms with van der Waals surface area (Å²) >= 11 is 0. The van der Waals surface area contributed by atoms with Crippen LogP contribution in [0.1, 0.15) is 0 Å². The first-order chi connectivity index (χ1) is 13.1. The highest BCUT2D eigenvalue weighted by Crippen LogP contribution is 2.52. The van der Waals surface area contributed by atoms with Crippen LogP contribution in [0.25, 0.3) is 0 Å². The Labute approximate surface area is 183 Å². The largest absolute Gasteiger partial charge is 0.192 e. The van der Waals surface area contributed by atoms with Gasteiger partial charge in [0.25, 0.3) is 0 Å². The van der Waals surface area contributed by atoms with Crippen LogP contribution in [-0.4, -0.2) is 42.7 Å². The standard InChI is InChI=1S/C21H38N2Si6/c1-24(2)25(3,4)27(7,8)29(10,21-14-12-11-13-15-21)28(9,26(24,5)6)17-16-20(18-22)19-23/h11-16H,17H2,1-10H3. The molecule has 0 radical (unpaired) electrons. The fourth-order valence-corrected chi connectivity index (χ4v) is 248. The molecule has 1 aliphatic rings. The van der Waals surface area contributed by atoms with Gasteiger partial charge in [0.15, 0.2) is 0 Å². The molecule has 0 aliphatic carbocycles. The number of hydrogen-bond acceptors (Lipinski definition) is 2. The van der Waals surface area contributed by atoms with Crippen LogP contribution in [0.2, 0.25) is 71.5 Å². The minimum atomic E-state index is -1.77. The molecule has 1 aliphatic heterocycles. The molecule has 0 N–H and O–H groups in total. The second-order valence-corrected chi connectivity index (χ2v) is 81.9. The summed E-state index contributed by atoms with van der Waals surface area (Å²) in [6, 6.07) is 16.9. The molecule has 2 atom stereocenters. The van der Waals surface area contributed by atoms with E-state index in [0.717, 1.165) is 6.04 Å². The third-order valence-corrected chi connectivity index (χ3v) is 161. The van der Waals surface area contributed by atoms with E-state index >= 15 is 0 Å². The Kier molecular flexibility index (Phi) is 6.28. The molecule has 156 valence electrons. The topological polar surface area (TPSA) is 47.6 Å². The van der Waals surface area contributed by atoms with E-state index in [4.69, 9.17) is 0 Å². The van der Waals surface area contributed by atoms with Gasteiger partial charge in [0.05, 0.1) is 7.11 Å². The normalized spacial score (nSPS) is 31.2. The summed E-state index contributed by atoms with van der Waals surface area (Å²) in [7, 11) is -9.35. The van der Waals surface area contributed by atoms with Gasteiger partial charge in [-0.15, -0.1) is 0 Å². The summed E-state index contributed by atoms with van der Waals surface area (Å²) in [6.45, 7) is 27.6. The lowest BCUT2D eigenvalue weighted by Crippen LogP contribution is -3.03. The van der Waals surface area contributed by atoms with Crippen molar-refractivity contribution in [1.29, 1.82) is 10.5 Å². The SMILES string of the molecule is C[Si]1(C)[Si](C)(C)[Si](C)(C)[Si](C)(c2ccccc2)[Si](C)(CC=C(C#N)C#N)[Si]1(C)C. The van der Waals surface area contributed by atoms with E-state index in [0.29, 0.717) is 5.57 Å². The Hall–Kier alpha value is -0.759. The van der Waals surface area contributed by atoms with Gasteiger partial charge in [-0.05, 0) is 6.04 Å². The third-order valence-electron chi connectivity index (χ3n) is 10.7. The van der Waals surface area contributed by atoms with Gasteiger partial charge in [-0.3, -0.25) is 0 Å². The van der Waals surface area contributed by atoms with E-state index in [1.165, 1.54) is 0 Å². The van der Waals surface area contributed by atoms with Gasteiger partial charge < -0.3 is 0 Å². The van der Waals surface area contributed by atoms with E-state index in [1.54, 1.807) is 5.19 Å². The van der Waals surface area contributed by atoms with Crippen molar-refractivity contribution in [1.82, 2.24) is 0 Å². The van der Waals surface area contributed by atoms with Crippen LogP contribution in [0.5, 0.6) is 0 Å². The molecule has 0 saturated carbocycles. The number of nitrogens with zero attached hydrogens (tertiary/aromatic N) is 2. The lowest BCUT2D eigenvalue weighted by Gasteiger charge is -2.74. The minimum Gasteiger partial charge on any atom is -0.192 e. The molecular weight excluding hydrogens is 449 g/mol. The fourth-order valence-electron chi connectivity index (χ4n) is 6.52. The zero-order chi connectivity index (χ0) is 22.5. The van der Waals surface area contributed by atoms with E-state index in [1.807, 2.05) is 0 Å². The Balaban J connectivity index is 2.97. The molecule has 1 aromatic carbocycles. The van der Waals surface area contributed by atoms with Crippen LogP contribution in [0, 0.1) is 22.7 Å². The number of rotatable bonds is 3. The van der Waals surface area contributed by atoms with Crippen molar-refractivity contribution in [3.8, 4) is 12.1 Å². The Morgan fingerprint density at radius 1 is 0.724 bits per heavy atom. The fraction of sp³-hybridized carbons (Fsp3) is 0.524. The van der Waals surface area contributed by atoms with Crippen molar-refractivity contribution in [2.24, 2.45) is 0 Å². The maximum Gasteiger partial charge on any atom is 0.125 e. The van der Waals surface area contributed by atoms with Crippen molar-refractivity contribution < 1.29 is 0 Å². The lowest BCUT2D eigenvalue weighted by molar-refractivity contribution is 1.44. The molecule has 0 spiro atoms. The average Bonchev–Trinajstić information content (AvgIpc) is 2.66. The Morgan fingerprint density at radius 3 is 1.62 bits per heavy atom. The van der Waals surface area contributed by atoms with E-state index in [-0.39, 0.29) is 0 Å². The molecule has 0 amide bonds. The zero-order valence-electron chi connectivity index (χ0n) is 20.1. The van der Waals surface area contributed by atoms with Gasteiger partial charge in [0.1, 0.15) is 17.7 Å². The maximum absolute atomic E-state index is 9.43. The highest BCUT2D eigenvalue weighted by Gasteiger charge is 2.78. The third kappa shape index (κ3) is 2.91. The van der Waals surface area contributed by atoms with E-state index < -0.39 is 42.7 Å². The van der Waals surface area contributed by atoms with Gasteiger partial charge in [-0.1, -0.05) is 107 Å². The summed E-state index contributed by atoms with van der Waals surface area (Å²) < 4.78 is 0. The number of allylic oxidation sites excluding steroid dienone is 2. The predicted octanol–water partition coefficient (Wildman–Crippen LogP) is 5.34. The number of nitriles is 2. The van der Waals surface area contributed by atoms with Crippen LogP contribution in [0.3, 0.4) is 0 Å². The smallest absolute Gasteiger partial charge is 0.125 e. The lowest BCUT2D eigenvalue weighted by atomic mass is 10.3. The van der Waals surface area contributed by atoms with Gasteiger partial charge in [-0.25, -0.2) is 0 Å². The highest BCUT2D eigenvalue weighted by atomic mass is 30.2. The molecule has 2 rings (SSSR count). The van der Waals surface area contributed by atoms with E-state index in [9.17, 15) is 10.5 Å². The maximum atomic E-state index is 9.43. The monoisotopic (exact) mass is 486 g/mol. The summed E-state index contributed by atoms with van der Waals surface area (Å²) in [5.41, 5.74) is 0.328. The van der Waals surface area contributed by atoms with Crippen LogP contribution in [0.15, 0.2) is 42.0 Å². The second kappa shape index (κ2) is 7.43.